The molecule has 0 N–H and O–H groups in total. The van der Waals surface area contributed by atoms with Crippen LogP contribution in [0.5, 0.6) is 0 Å². The van der Waals surface area contributed by atoms with Crippen molar-refractivity contribution >= 4 is 17.9 Å². The number of hydrogen-bond acceptors (Lipinski definition) is 6. The topological polar surface area (TPSA) is 78.9 Å². The Kier molecular flexibility index (Phi) is 51.0. The number of hydrogen-bond donors (Lipinski definition) is 0. The molecule has 0 aliphatic rings. The number of allylic oxidation sites excluding steroid dienone is 20. The van der Waals surface area contributed by atoms with E-state index in [1.807, 2.05) is 12.2 Å². The molecule has 0 aromatic carbocycles. The van der Waals surface area contributed by atoms with Crippen molar-refractivity contribution in [1.82, 2.24) is 0 Å². The summed E-state index contributed by atoms with van der Waals surface area (Å²) >= 11 is 0. The third-order valence-electron chi connectivity index (χ3n) is 10.9. The van der Waals surface area contributed by atoms with E-state index < -0.39 is 6.10 Å². The number of unbranched alkanes of at least 4 members (excludes halogenated alkanes) is 16. The molecule has 6 nitrogen and oxygen atoms in total. The summed E-state index contributed by atoms with van der Waals surface area (Å²) in [7, 11) is 0. The van der Waals surface area contributed by atoms with Crippen LogP contribution in [-0.4, -0.2) is 37.2 Å². The van der Waals surface area contributed by atoms with E-state index in [0.717, 1.165) is 96.3 Å². The van der Waals surface area contributed by atoms with Gasteiger partial charge in [-0.15, -0.1) is 0 Å². The van der Waals surface area contributed by atoms with Gasteiger partial charge in [-0.1, -0.05) is 206 Å². The molecule has 67 heavy (non-hydrogen) atoms. The minimum atomic E-state index is -0.835. The molecule has 0 aromatic rings. The van der Waals surface area contributed by atoms with E-state index >= 15 is 0 Å². The second kappa shape index (κ2) is 54.4. The Morgan fingerprint density at radius 2 is 0.612 bits per heavy atom. The Bertz CT molecular complexity index is 1440. The predicted molar refractivity (Wildman–Crippen MR) is 288 cm³/mol. The molecular formula is C61H98O6. The van der Waals surface area contributed by atoms with E-state index in [9.17, 15) is 14.4 Å². The van der Waals surface area contributed by atoms with Crippen LogP contribution in [0.25, 0.3) is 0 Å². The van der Waals surface area contributed by atoms with Gasteiger partial charge in [-0.05, 0) is 122 Å². The molecule has 0 saturated heterocycles. The van der Waals surface area contributed by atoms with Gasteiger partial charge in [-0.2, -0.15) is 0 Å². The maximum absolute atomic E-state index is 12.8. The first-order valence-electron chi connectivity index (χ1n) is 27.0. The van der Waals surface area contributed by atoms with Crippen LogP contribution >= 0.6 is 0 Å². The highest BCUT2D eigenvalue weighted by molar-refractivity contribution is 5.71. The van der Waals surface area contributed by atoms with Crippen LogP contribution in [-0.2, 0) is 28.6 Å². The van der Waals surface area contributed by atoms with Crippen molar-refractivity contribution in [3.05, 3.63) is 122 Å². The van der Waals surface area contributed by atoms with E-state index in [1.165, 1.54) is 77.0 Å². The zero-order chi connectivity index (χ0) is 48.6. The van der Waals surface area contributed by atoms with Gasteiger partial charge >= 0.3 is 17.9 Å². The fourth-order valence-electron chi connectivity index (χ4n) is 6.88. The summed E-state index contributed by atoms with van der Waals surface area (Å²) in [6, 6.07) is 0. The van der Waals surface area contributed by atoms with Crippen LogP contribution < -0.4 is 0 Å². The molecule has 0 aliphatic carbocycles. The van der Waals surface area contributed by atoms with Crippen molar-refractivity contribution < 1.29 is 28.6 Å². The lowest BCUT2D eigenvalue weighted by Crippen LogP contribution is -2.30. The van der Waals surface area contributed by atoms with Gasteiger partial charge in [0.05, 0.1) is 0 Å². The van der Waals surface area contributed by atoms with Gasteiger partial charge in [0, 0.05) is 19.3 Å². The average Bonchev–Trinajstić information content (AvgIpc) is 3.33. The highest BCUT2D eigenvalue weighted by Crippen LogP contribution is 2.12. The third-order valence-corrected chi connectivity index (χ3v) is 10.9. The van der Waals surface area contributed by atoms with Gasteiger partial charge in [0.15, 0.2) is 6.10 Å². The van der Waals surface area contributed by atoms with Crippen LogP contribution in [0.15, 0.2) is 122 Å². The number of ether oxygens (including phenoxy) is 3. The Morgan fingerprint density at radius 1 is 0.313 bits per heavy atom. The molecular weight excluding hydrogens is 829 g/mol. The molecule has 0 saturated carbocycles. The molecule has 0 aliphatic heterocycles. The van der Waals surface area contributed by atoms with Crippen molar-refractivity contribution in [2.45, 2.75) is 232 Å². The minimum Gasteiger partial charge on any atom is -0.462 e. The van der Waals surface area contributed by atoms with Crippen molar-refractivity contribution in [3.8, 4) is 0 Å². The summed E-state index contributed by atoms with van der Waals surface area (Å²) in [5.74, 6) is -1.06. The number of esters is 3. The first-order chi connectivity index (χ1) is 33.0. The van der Waals surface area contributed by atoms with Gasteiger partial charge in [-0.25, -0.2) is 0 Å². The van der Waals surface area contributed by atoms with Crippen molar-refractivity contribution in [2.75, 3.05) is 13.2 Å². The zero-order valence-corrected chi connectivity index (χ0v) is 43.1. The van der Waals surface area contributed by atoms with Crippen LogP contribution in [0, 0.1) is 0 Å². The van der Waals surface area contributed by atoms with Crippen LogP contribution in [0.3, 0.4) is 0 Å². The standard InChI is InChI=1S/C61H98O6/c1-4-7-10-13-16-19-22-25-28-29-30-31-34-36-39-42-45-48-51-54-60(63)66-57-58(67-61(64)55-52-49-46-43-40-37-33-27-24-21-18-15-12-9-6-3)56-65-59(62)53-50-47-44-41-38-35-32-26-23-20-17-14-11-8-5-2/h7,10,16,18-19,21,25-28,30-33,36,39-40,43,45,48,58H,4-6,8-9,11-15,17,20,22-24,29,34-35,37-38,41-42,44,46-47,49-57H2,1-3H3/b10-7-,19-16-,21-18-,28-25-,31-30-,32-26-,33-27-,39-36-,43-40-,48-45-/t58-/m1/s1. The molecule has 378 valence electrons. The van der Waals surface area contributed by atoms with Crippen LogP contribution in [0.1, 0.15) is 226 Å². The lowest BCUT2D eigenvalue weighted by atomic mass is 10.1. The zero-order valence-electron chi connectivity index (χ0n) is 43.1. The number of carbonyl (C=O) groups excluding carboxylic acids is 3. The average molecular weight is 927 g/mol. The molecule has 6 heteroatoms. The SMILES string of the molecule is CC/C=C\C/C=C\C/C=C\C/C=C\C/C=C\C/C=C\CCC(=O)OC[C@@H](COC(=O)CCCCCCC/C=C\CCCCCCCC)OC(=O)CCCC/C=C\C/C=C\C/C=C\CCCCC. The fourth-order valence-corrected chi connectivity index (χ4v) is 6.88. The normalized spacial score (nSPS) is 13.1. The summed E-state index contributed by atoms with van der Waals surface area (Å²) < 4.78 is 16.7. The van der Waals surface area contributed by atoms with Crippen molar-refractivity contribution in [3.63, 3.8) is 0 Å². The summed E-state index contributed by atoms with van der Waals surface area (Å²) in [5, 5.41) is 0. The molecule has 0 unspecified atom stereocenters. The van der Waals surface area contributed by atoms with Gasteiger partial charge in [0.25, 0.3) is 0 Å². The van der Waals surface area contributed by atoms with E-state index in [0.29, 0.717) is 19.3 Å². The third kappa shape index (κ3) is 52.6. The molecule has 1 atom stereocenters. The first kappa shape index (κ1) is 62.8. The summed E-state index contributed by atoms with van der Waals surface area (Å²) in [5.41, 5.74) is 0. The lowest BCUT2D eigenvalue weighted by molar-refractivity contribution is -0.166. The Balaban J connectivity index is 4.59. The van der Waals surface area contributed by atoms with E-state index in [2.05, 4.69) is 130 Å². The van der Waals surface area contributed by atoms with Gasteiger partial charge in [0.2, 0.25) is 0 Å². The predicted octanol–water partition coefficient (Wildman–Crippen LogP) is 18.1. The molecule has 0 fully saturated rings. The largest absolute Gasteiger partial charge is 0.462 e. The maximum Gasteiger partial charge on any atom is 0.306 e. The van der Waals surface area contributed by atoms with E-state index in [4.69, 9.17) is 14.2 Å². The Morgan fingerprint density at radius 3 is 1.07 bits per heavy atom. The molecule has 0 amide bonds. The van der Waals surface area contributed by atoms with Gasteiger partial charge in [0.1, 0.15) is 13.2 Å². The van der Waals surface area contributed by atoms with E-state index in [1.54, 1.807) is 0 Å². The smallest absolute Gasteiger partial charge is 0.306 e. The summed E-state index contributed by atoms with van der Waals surface area (Å²) in [6.45, 7) is 6.37. The van der Waals surface area contributed by atoms with Crippen LogP contribution in [0.4, 0.5) is 0 Å². The molecule has 0 aromatic heterocycles. The van der Waals surface area contributed by atoms with Gasteiger partial charge < -0.3 is 14.2 Å². The molecule has 0 radical (unpaired) electrons. The van der Waals surface area contributed by atoms with Crippen molar-refractivity contribution in [2.24, 2.45) is 0 Å². The highest BCUT2D eigenvalue weighted by Gasteiger charge is 2.19. The molecule has 0 spiro atoms. The van der Waals surface area contributed by atoms with Crippen LogP contribution in [0.2, 0.25) is 0 Å². The van der Waals surface area contributed by atoms with E-state index in [-0.39, 0.29) is 44.0 Å². The number of rotatable bonds is 47. The second-order valence-corrected chi connectivity index (χ2v) is 17.4. The molecule has 0 heterocycles. The monoisotopic (exact) mass is 927 g/mol. The Labute approximate surface area is 412 Å². The minimum absolute atomic E-state index is 0.124. The molecule has 0 bridgehead atoms. The maximum atomic E-state index is 12.8. The van der Waals surface area contributed by atoms with Crippen molar-refractivity contribution in [1.29, 1.82) is 0 Å². The Hall–Kier alpha value is -4.19. The summed E-state index contributed by atoms with van der Waals surface area (Å²) in [6.07, 6.45) is 74.8. The lowest BCUT2D eigenvalue weighted by Gasteiger charge is -2.18. The molecule has 0 rings (SSSR count). The second-order valence-electron chi connectivity index (χ2n) is 17.4. The van der Waals surface area contributed by atoms with Gasteiger partial charge in [-0.3, -0.25) is 14.4 Å². The fraction of sp³-hybridized carbons (Fsp3) is 0.623. The quantitative estimate of drug-likeness (QED) is 0.0262. The first-order valence-corrected chi connectivity index (χ1v) is 27.0. The summed E-state index contributed by atoms with van der Waals surface area (Å²) in [4.78, 5) is 38.0. The number of carbonyl (C=O) groups is 3. The highest BCUT2D eigenvalue weighted by atomic mass is 16.6.